The molecule has 0 saturated heterocycles. The van der Waals surface area contributed by atoms with Crippen LogP contribution in [0.5, 0.6) is 5.75 Å². The van der Waals surface area contributed by atoms with E-state index < -0.39 is 11.6 Å². The fourth-order valence-electron chi connectivity index (χ4n) is 2.29. The average Bonchev–Trinajstić information content (AvgIpc) is 2.56. The molecule has 1 N–H and O–H groups in total. The van der Waals surface area contributed by atoms with Crippen LogP contribution in [-0.4, -0.2) is 18.2 Å². The lowest BCUT2D eigenvalue weighted by atomic mass is 10.0. The van der Waals surface area contributed by atoms with Crippen LogP contribution in [0, 0.1) is 18.6 Å². The summed E-state index contributed by atoms with van der Waals surface area (Å²) >= 11 is 0. The third-order valence-electron chi connectivity index (χ3n) is 3.55. The minimum absolute atomic E-state index is 0.167. The van der Waals surface area contributed by atoms with Gasteiger partial charge in [-0.15, -0.1) is 0 Å². The van der Waals surface area contributed by atoms with Gasteiger partial charge in [0.05, 0.1) is 12.3 Å². The number of nitrogens with zero attached hydrogens (tertiary/aromatic N) is 1. The van der Waals surface area contributed by atoms with E-state index in [1.807, 2.05) is 19.1 Å². The Kier molecular flexibility index (Phi) is 4.06. The molecule has 0 atom stereocenters. The smallest absolute Gasteiger partial charge is 0.271 e. The zero-order valence-electron chi connectivity index (χ0n) is 12.4. The SMILES string of the molecule is Cc1ccc(C(=O)NN=C2CCOc3c2ccc(F)c3F)cc1. The highest BCUT2D eigenvalue weighted by Gasteiger charge is 2.23. The van der Waals surface area contributed by atoms with Crippen molar-refractivity contribution in [1.82, 2.24) is 5.43 Å². The molecule has 6 heteroatoms. The predicted octanol–water partition coefficient (Wildman–Crippen LogP) is 3.19. The molecule has 0 aromatic heterocycles. The second kappa shape index (κ2) is 6.16. The van der Waals surface area contributed by atoms with Gasteiger partial charge in [0.2, 0.25) is 5.82 Å². The van der Waals surface area contributed by atoms with Crippen molar-refractivity contribution in [2.24, 2.45) is 5.10 Å². The number of hydrogen-bond acceptors (Lipinski definition) is 3. The number of halogens is 2. The lowest BCUT2D eigenvalue weighted by Crippen LogP contribution is -2.24. The summed E-state index contributed by atoms with van der Waals surface area (Å²) in [6.07, 6.45) is 0.395. The number of amides is 1. The van der Waals surface area contributed by atoms with Crippen molar-refractivity contribution >= 4 is 11.6 Å². The van der Waals surface area contributed by atoms with Gasteiger partial charge in [0, 0.05) is 17.5 Å². The first-order chi connectivity index (χ1) is 11.1. The van der Waals surface area contributed by atoms with Crippen LogP contribution in [0.3, 0.4) is 0 Å². The monoisotopic (exact) mass is 316 g/mol. The van der Waals surface area contributed by atoms with E-state index in [1.165, 1.54) is 6.07 Å². The van der Waals surface area contributed by atoms with Crippen molar-refractivity contribution < 1.29 is 18.3 Å². The number of benzene rings is 2. The molecule has 1 heterocycles. The van der Waals surface area contributed by atoms with E-state index in [9.17, 15) is 13.6 Å². The summed E-state index contributed by atoms with van der Waals surface area (Å²) < 4.78 is 32.1. The largest absolute Gasteiger partial charge is 0.489 e. The molecular weight excluding hydrogens is 302 g/mol. The van der Waals surface area contributed by atoms with E-state index in [4.69, 9.17) is 4.74 Å². The zero-order chi connectivity index (χ0) is 16.4. The number of nitrogens with one attached hydrogen (secondary N) is 1. The maximum Gasteiger partial charge on any atom is 0.271 e. The van der Waals surface area contributed by atoms with Crippen LogP contribution in [0.25, 0.3) is 0 Å². The van der Waals surface area contributed by atoms with Gasteiger partial charge in [-0.1, -0.05) is 17.7 Å². The number of rotatable bonds is 2. The Balaban J connectivity index is 1.83. The molecule has 0 unspecified atom stereocenters. The summed E-state index contributed by atoms with van der Waals surface area (Å²) in [6, 6.07) is 9.44. The topological polar surface area (TPSA) is 50.7 Å². The lowest BCUT2D eigenvalue weighted by Gasteiger charge is -2.19. The van der Waals surface area contributed by atoms with Crippen LogP contribution in [0.4, 0.5) is 8.78 Å². The summed E-state index contributed by atoms with van der Waals surface area (Å²) in [7, 11) is 0. The van der Waals surface area contributed by atoms with Crippen LogP contribution < -0.4 is 10.2 Å². The van der Waals surface area contributed by atoms with E-state index in [2.05, 4.69) is 10.5 Å². The first-order valence-corrected chi connectivity index (χ1v) is 7.11. The fourth-order valence-corrected chi connectivity index (χ4v) is 2.29. The van der Waals surface area contributed by atoms with E-state index in [0.29, 0.717) is 23.3 Å². The summed E-state index contributed by atoms with van der Waals surface area (Å²) in [5.74, 6) is -2.55. The highest BCUT2D eigenvalue weighted by molar-refractivity contribution is 6.05. The molecule has 3 rings (SSSR count). The molecule has 1 aliphatic heterocycles. The van der Waals surface area contributed by atoms with Gasteiger partial charge in [-0.25, -0.2) is 9.82 Å². The van der Waals surface area contributed by atoms with Gasteiger partial charge in [-0.05, 0) is 31.2 Å². The Morgan fingerprint density at radius 3 is 2.65 bits per heavy atom. The quantitative estimate of drug-likeness (QED) is 0.865. The van der Waals surface area contributed by atoms with E-state index in [0.717, 1.165) is 11.6 Å². The number of ether oxygens (including phenoxy) is 1. The third kappa shape index (κ3) is 3.06. The maximum absolute atomic E-state index is 13.7. The molecule has 1 aliphatic rings. The maximum atomic E-state index is 13.7. The van der Waals surface area contributed by atoms with Crippen molar-refractivity contribution in [3.8, 4) is 5.75 Å². The number of carbonyl (C=O) groups excluding carboxylic acids is 1. The van der Waals surface area contributed by atoms with Crippen molar-refractivity contribution in [2.75, 3.05) is 6.61 Å². The van der Waals surface area contributed by atoms with Crippen LogP contribution in [0.1, 0.15) is 27.9 Å². The Morgan fingerprint density at radius 2 is 1.91 bits per heavy atom. The van der Waals surface area contributed by atoms with Gasteiger partial charge in [-0.2, -0.15) is 9.49 Å². The summed E-state index contributed by atoms with van der Waals surface area (Å²) in [5, 5.41) is 4.04. The number of hydrazone groups is 1. The third-order valence-corrected chi connectivity index (χ3v) is 3.55. The number of aryl methyl sites for hydroxylation is 1. The highest BCUT2D eigenvalue weighted by atomic mass is 19.2. The zero-order valence-corrected chi connectivity index (χ0v) is 12.4. The van der Waals surface area contributed by atoms with Gasteiger partial charge in [-0.3, -0.25) is 4.79 Å². The summed E-state index contributed by atoms with van der Waals surface area (Å²) in [6.45, 7) is 2.10. The second-order valence-electron chi connectivity index (χ2n) is 5.20. The molecule has 2 aromatic rings. The van der Waals surface area contributed by atoms with Crippen molar-refractivity contribution in [3.05, 3.63) is 64.7 Å². The normalized spacial score (nSPS) is 15.0. The van der Waals surface area contributed by atoms with Gasteiger partial charge >= 0.3 is 0 Å². The van der Waals surface area contributed by atoms with Crippen molar-refractivity contribution in [1.29, 1.82) is 0 Å². The molecule has 118 valence electrons. The Labute approximate surface area is 131 Å². The molecule has 0 spiro atoms. The Morgan fingerprint density at radius 1 is 1.17 bits per heavy atom. The fraction of sp³-hybridized carbons (Fsp3) is 0.176. The minimum Gasteiger partial charge on any atom is -0.489 e. The minimum atomic E-state index is -1.04. The summed E-state index contributed by atoms with van der Waals surface area (Å²) in [4.78, 5) is 12.0. The van der Waals surface area contributed by atoms with Crippen LogP contribution >= 0.6 is 0 Å². The molecule has 1 amide bonds. The first kappa shape index (κ1) is 15.1. The number of fused-ring (bicyclic) bond motifs is 1. The molecule has 0 bridgehead atoms. The van der Waals surface area contributed by atoms with E-state index >= 15 is 0 Å². The molecule has 0 fully saturated rings. The molecule has 0 saturated carbocycles. The van der Waals surface area contributed by atoms with Gasteiger partial charge in [0.1, 0.15) is 0 Å². The molecule has 23 heavy (non-hydrogen) atoms. The van der Waals surface area contributed by atoms with Gasteiger partial charge < -0.3 is 4.74 Å². The lowest BCUT2D eigenvalue weighted by molar-refractivity contribution is 0.0954. The van der Waals surface area contributed by atoms with Crippen LogP contribution in [0.2, 0.25) is 0 Å². The number of hydrogen-bond donors (Lipinski definition) is 1. The van der Waals surface area contributed by atoms with Gasteiger partial charge in [0.25, 0.3) is 5.91 Å². The Bertz CT molecular complexity index is 786. The molecule has 4 nitrogen and oxygen atoms in total. The summed E-state index contributed by atoms with van der Waals surface area (Å²) in [5.41, 5.74) is 4.75. The first-order valence-electron chi connectivity index (χ1n) is 7.11. The van der Waals surface area contributed by atoms with Gasteiger partial charge in [0.15, 0.2) is 11.6 Å². The van der Waals surface area contributed by atoms with Crippen molar-refractivity contribution in [2.45, 2.75) is 13.3 Å². The molecule has 0 radical (unpaired) electrons. The standard InChI is InChI=1S/C17H14F2N2O2/c1-10-2-4-11(5-3-10)17(22)21-20-14-8-9-23-16-12(14)6-7-13(18)15(16)19/h2-7H,8-9H2,1H3,(H,21,22). The number of carbonyl (C=O) groups is 1. The predicted molar refractivity (Wildman–Crippen MR) is 81.7 cm³/mol. The molecular formula is C17H14F2N2O2. The van der Waals surface area contributed by atoms with Crippen LogP contribution in [-0.2, 0) is 0 Å². The Hall–Kier alpha value is -2.76. The van der Waals surface area contributed by atoms with E-state index in [-0.39, 0.29) is 18.3 Å². The average molecular weight is 316 g/mol. The highest BCUT2D eigenvalue weighted by Crippen LogP contribution is 2.29. The second-order valence-corrected chi connectivity index (χ2v) is 5.20. The van der Waals surface area contributed by atoms with Crippen molar-refractivity contribution in [3.63, 3.8) is 0 Å². The molecule has 0 aliphatic carbocycles. The van der Waals surface area contributed by atoms with E-state index in [1.54, 1.807) is 12.1 Å². The molecule has 2 aromatic carbocycles. The van der Waals surface area contributed by atoms with Crippen LogP contribution in [0.15, 0.2) is 41.5 Å².